The molecule has 138 valence electrons. The van der Waals surface area contributed by atoms with E-state index >= 15 is 0 Å². The van der Waals surface area contributed by atoms with Gasteiger partial charge < -0.3 is 24.6 Å². The molecule has 7 nitrogen and oxygen atoms in total. The summed E-state index contributed by atoms with van der Waals surface area (Å²) in [7, 11) is 0. The van der Waals surface area contributed by atoms with Crippen molar-refractivity contribution in [2.75, 3.05) is 19.7 Å². The normalized spacial score (nSPS) is 20.2. The molecule has 1 aliphatic heterocycles. The molecule has 1 amide bonds. The molecule has 3 rings (SSSR count). The van der Waals surface area contributed by atoms with Crippen LogP contribution in [0.15, 0.2) is 30.3 Å². The molecule has 2 atom stereocenters. The first-order valence-corrected chi connectivity index (χ1v) is 8.41. The fraction of sp³-hybridized carbons (Fsp3) is 0.368. The number of hydrogen-bond acceptors (Lipinski definition) is 6. The smallest absolute Gasteiger partial charge is 0.342 e. The Kier molecular flexibility index (Phi) is 4.99. The summed E-state index contributed by atoms with van der Waals surface area (Å²) in [6.45, 7) is 4.17. The summed E-state index contributed by atoms with van der Waals surface area (Å²) in [6, 6.07) is 7.75. The predicted molar refractivity (Wildman–Crippen MR) is 94.1 cm³/mol. The lowest BCUT2D eigenvalue weighted by atomic mass is 10.0. The molecule has 0 bridgehead atoms. The van der Waals surface area contributed by atoms with E-state index in [0.717, 1.165) is 6.07 Å². The summed E-state index contributed by atoms with van der Waals surface area (Å²) in [6.07, 6.45) is -0.167. The molecule has 26 heavy (non-hydrogen) atoms. The first-order chi connectivity index (χ1) is 12.4. The Balaban J connectivity index is 1.71. The van der Waals surface area contributed by atoms with E-state index in [1.807, 2.05) is 13.8 Å². The minimum absolute atomic E-state index is 0.0834. The average molecular weight is 359 g/mol. The second kappa shape index (κ2) is 7.21. The number of phenolic OH excluding ortho intramolecular Hbond substituents is 2. The van der Waals surface area contributed by atoms with Crippen LogP contribution in [0.1, 0.15) is 24.2 Å². The van der Waals surface area contributed by atoms with Gasteiger partial charge in [-0.25, -0.2) is 4.79 Å². The number of nitrogens with zero attached hydrogens (tertiary/aromatic N) is 1. The third kappa shape index (κ3) is 3.57. The van der Waals surface area contributed by atoms with Gasteiger partial charge in [-0.15, -0.1) is 0 Å². The number of carbonyl (C=O) groups excluding carboxylic acids is 2. The second-order valence-electron chi connectivity index (χ2n) is 6.47. The molecule has 1 heterocycles. The molecule has 1 fully saturated rings. The number of hydrogen-bond donors (Lipinski definition) is 2. The number of benzene rings is 2. The van der Waals surface area contributed by atoms with Crippen LogP contribution in [0.5, 0.6) is 11.5 Å². The summed E-state index contributed by atoms with van der Waals surface area (Å²) in [5.74, 6) is -1.63. The maximum atomic E-state index is 12.3. The van der Waals surface area contributed by atoms with Crippen molar-refractivity contribution < 1.29 is 29.3 Å². The number of morpholine rings is 1. The summed E-state index contributed by atoms with van der Waals surface area (Å²) < 4.78 is 10.6. The van der Waals surface area contributed by atoms with Gasteiger partial charge in [-0.1, -0.05) is 24.3 Å². The SMILES string of the molecule is C[C@@H]1CN(C(=O)COC(=O)c2cc(O)c3ccccc3c2O)C[C@H](C)O1. The maximum absolute atomic E-state index is 12.3. The topological polar surface area (TPSA) is 96.3 Å². The van der Waals surface area contributed by atoms with Crippen molar-refractivity contribution in [1.29, 1.82) is 0 Å². The summed E-state index contributed by atoms with van der Waals surface area (Å²) >= 11 is 0. The fourth-order valence-electron chi connectivity index (χ4n) is 3.17. The highest BCUT2D eigenvalue weighted by atomic mass is 16.5. The van der Waals surface area contributed by atoms with E-state index in [-0.39, 0.29) is 35.2 Å². The lowest BCUT2D eigenvalue weighted by molar-refractivity contribution is -0.146. The van der Waals surface area contributed by atoms with Gasteiger partial charge in [0.05, 0.1) is 12.2 Å². The van der Waals surface area contributed by atoms with Crippen molar-refractivity contribution >= 4 is 22.6 Å². The molecule has 0 spiro atoms. The molecule has 1 aliphatic rings. The van der Waals surface area contributed by atoms with E-state index < -0.39 is 12.6 Å². The van der Waals surface area contributed by atoms with Gasteiger partial charge in [0.1, 0.15) is 17.1 Å². The van der Waals surface area contributed by atoms with E-state index in [1.54, 1.807) is 29.2 Å². The van der Waals surface area contributed by atoms with Crippen LogP contribution in [0.4, 0.5) is 0 Å². The molecular formula is C19H21NO6. The van der Waals surface area contributed by atoms with Crippen LogP contribution in [-0.4, -0.2) is 58.9 Å². The quantitative estimate of drug-likeness (QED) is 0.643. The minimum Gasteiger partial charge on any atom is -0.507 e. The number of aromatic hydroxyl groups is 2. The predicted octanol–water partition coefficient (Wildman–Crippen LogP) is 2.04. The van der Waals surface area contributed by atoms with Crippen molar-refractivity contribution in [2.24, 2.45) is 0 Å². The zero-order chi connectivity index (χ0) is 18.8. The van der Waals surface area contributed by atoms with Crippen molar-refractivity contribution in [3.05, 3.63) is 35.9 Å². The lowest BCUT2D eigenvalue weighted by Crippen LogP contribution is -2.49. The Labute approximate surface area is 150 Å². The first kappa shape index (κ1) is 18.0. The molecule has 0 unspecified atom stereocenters. The zero-order valence-corrected chi connectivity index (χ0v) is 14.6. The molecule has 0 aromatic heterocycles. The van der Waals surface area contributed by atoms with Crippen LogP contribution in [0.3, 0.4) is 0 Å². The van der Waals surface area contributed by atoms with Gasteiger partial charge in [-0.2, -0.15) is 0 Å². The molecule has 7 heteroatoms. The standard InChI is InChI=1S/C19H21NO6/c1-11-8-20(9-12(2)26-11)17(22)10-25-19(24)15-7-16(21)13-5-3-4-6-14(13)18(15)23/h3-7,11-12,21,23H,8-10H2,1-2H3/t11-,12+. The highest BCUT2D eigenvalue weighted by molar-refractivity contribution is 6.04. The largest absolute Gasteiger partial charge is 0.507 e. The van der Waals surface area contributed by atoms with Crippen molar-refractivity contribution in [3.8, 4) is 11.5 Å². The number of amides is 1. The van der Waals surface area contributed by atoms with Crippen LogP contribution >= 0.6 is 0 Å². The molecule has 0 aliphatic carbocycles. The number of ether oxygens (including phenoxy) is 2. The molecule has 2 aromatic rings. The van der Waals surface area contributed by atoms with E-state index in [0.29, 0.717) is 23.9 Å². The Morgan fingerprint density at radius 3 is 2.42 bits per heavy atom. The van der Waals surface area contributed by atoms with Crippen LogP contribution in [0, 0.1) is 0 Å². The average Bonchev–Trinajstić information content (AvgIpc) is 2.61. The first-order valence-electron chi connectivity index (χ1n) is 8.41. The number of phenols is 2. The third-order valence-electron chi connectivity index (χ3n) is 4.31. The third-order valence-corrected chi connectivity index (χ3v) is 4.31. The fourth-order valence-corrected chi connectivity index (χ4v) is 3.17. The zero-order valence-electron chi connectivity index (χ0n) is 14.6. The molecule has 1 saturated heterocycles. The molecule has 0 radical (unpaired) electrons. The Morgan fingerprint density at radius 2 is 1.77 bits per heavy atom. The van der Waals surface area contributed by atoms with Gasteiger partial charge in [0.25, 0.3) is 5.91 Å². The lowest BCUT2D eigenvalue weighted by Gasteiger charge is -2.35. The van der Waals surface area contributed by atoms with Crippen LogP contribution in [0.2, 0.25) is 0 Å². The van der Waals surface area contributed by atoms with Crippen molar-refractivity contribution in [2.45, 2.75) is 26.1 Å². The molecule has 2 N–H and O–H groups in total. The van der Waals surface area contributed by atoms with Crippen LogP contribution in [0.25, 0.3) is 10.8 Å². The van der Waals surface area contributed by atoms with Crippen LogP contribution in [-0.2, 0) is 14.3 Å². The summed E-state index contributed by atoms with van der Waals surface area (Å²) in [5.41, 5.74) is -0.183. The van der Waals surface area contributed by atoms with E-state index in [1.165, 1.54) is 0 Å². The highest BCUT2D eigenvalue weighted by Gasteiger charge is 2.27. The Morgan fingerprint density at radius 1 is 1.15 bits per heavy atom. The second-order valence-corrected chi connectivity index (χ2v) is 6.47. The molecular weight excluding hydrogens is 338 g/mol. The number of carbonyl (C=O) groups is 2. The van der Waals surface area contributed by atoms with Gasteiger partial charge in [0.2, 0.25) is 0 Å². The molecule has 0 saturated carbocycles. The van der Waals surface area contributed by atoms with Crippen molar-refractivity contribution in [3.63, 3.8) is 0 Å². The van der Waals surface area contributed by atoms with Crippen molar-refractivity contribution in [1.82, 2.24) is 4.90 Å². The Hall–Kier alpha value is -2.80. The van der Waals surface area contributed by atoms with E-state index in [9.17, 15) is 19.8 Å². The Bertz CT molecular complexity index is 839. The minimum atomic E-state index is -0.869. The maximum Gasteiger partial charge on any atom is 0.342 e. The van der Waals surface area contributed by atoms with Gasteiger partial charge in [0, 0.05) is 23.9 Å². The number of fused-ring (bicyclic) bond motifs is 1. The number of rotatable bonds is 3. The summed E-state index contributed by atoms with van der Waals surface area (Å²) in [5, 5.41) is 21.1. The molecule has 2 aromatic carbocycles. The van der Waals surface area contributed by atoms with E-state index in [2.05, 4.69) is 0 Å². The van der Waals surface area contributed by atoms with Gasteiger partial charge in [-0.05, 0) is 19.9 Å². The summed E-state index contributed by atoms with van der Waals surface area (Å²) in [4.78, 5) is 26.1. The number of esters is 1. The van der Waals surface area contributed by atoms with Gasteiger partial charge in [0.15, 0.2) is 6.61 Å². The van der Waals surface area contributed by atoms with E-state index in [4.69, 9.17) is 9.47 Å². The monoisotopic (exact) mass is 359 g/mol. The van der Waals surface area contributed by atoms with Gasteiger partial charge in [-0.3, -0.25) is 4.79 Å². The van der Waals surface area contributed by atoms with Gasteiger partial charge >= 0.3 is 5.97 Å². The van der Waals surface area contributed by atoms with Crippen LogP contribution < -0.4 is 0 Å². The highest BCUT2D eigenvalue weighted by Crippen LogP contribution is 2.35.